The SMILES string of the molecule is O=C1CCCCN1c1ccccc1OC(F)(F)F. The second kappa shape index (κ2) is 4.88. The summed E-state index contributed by atoms with van der Waals surface area (Å²) in [5.41, 5.74) is 0.180. The normalized spacial score (nSPS) is 16.8. The minimum Gasteiger partial charge on any atom is -0.404 e. The zero-order valence-corrected chi connectivity index (χ0v) is 9.54. The fourth-order valence-electron chi connectivity index (χ4n) is 1.95. The number of piperidine rings is 1. The van der Waals surface area contributed by atoms with Crippen molar-refractivity contribution in [3.05, 3.63) is 24.3 Å². The molecule has 1 saturated heterocycles. The van der Waals surface area contributed by atoms with Gasteiger partial charge in [0.2, 0.25) is 5.91 Å². The molecule has 0 bridgehead atoms. The van der Waals surface area contributed by atoms with E-state index in [-0.39, 0.29) is 17.3 Å². The summed E-state index contributed by atoms with van der Waals surface area (Å²) < 4.78 is 40.7. The molecule has 0 N–H and O–H groups in total. The van der Waals surface area contributed by atoms with Gasteiger partial charge in [0.15, 0.2) is 5.75 Å². The lowest BCUT2D eigenvalue weighted by Gasteiger charge is -2.28. The number of para-hydroxylation sites is 2. The summed E-state index contributed by atoms with van der Waals surface area (Å²) >= 11 is 0. The lowest BCUT2D eigenvalue weighted by molar-refractivity contribution is -0.274. The smallest absolute Gasteiger partial charge is 0.404 e. The van der Waals surface area contributed by atoms with E-state index in [4.69, 9.17) is 0 Å². The maximum absolute atomic E-state index is 12.3. The van der Waals surface area contributed by atoms with Crippen molar-refractivity contribution in [2.24, 2.45) is 0 Å². The van der Waals surface area contributed by atoms with Gasteiger partial charge < -0.3 is 9.64 Å². The fourth-order valence-corrected chi connectivity index (χ4v) is 1.95. The monoisotopic (exact) mass is 259 g/mol. The van der Waals surface area contributed by atoms with Crippen LogP contribution in [0, 0.1) is 0 Å². The van der Waals surface area contributed by atoms with E-state index in [1.807, 2.05) is 0 Å². The molecule has 0 atom stereocenters. The minimum atomic E-state index is -4.76. The number of nitrogens with zero attached hydrogens (tertiary/aromatic N) is 1. The van der Waals surface area contributed by atoms with Crippen molar-refractivity contribution in [2.45, 2.75) is 25.6 Å². The lowest BCUT2D eigenvalue weighted by atomic mass is 10.1. The predicted octanol–water partition coefficient (Wildman–Crippen LogP) is 3.10. The summed E-state index contributed by atoms with van der Waals surface area (Å²) in [5.74, 6) is -0.500. The molecule has 2 rings (SSSR count). The van der Waals surface area contributed by atoms with E-state index in [1.54, 1.807) is 6.07 Å². The Hall–Kier alpha value is -1.72. The highest BCUT2D eigenvalue weighted by molar-refractivity contribution is 5.95. The van der Waals surface area contributed by atoms with E-state index in [0.717, 1.165) is 12.8 Å². The Labute approximate surface area is 102 Å². The highest BCUT2D eigenvalue weighted by Crippen LogP contribution is 2.34. The average molecular weight is 259 g/mol. The van der Waals surface area contributed by atoms with E-state index in [1.165, 1.54) is 23.1 Å². The molecule has 6 heteroatoms. The van der Waals surface area contributed by atoms with Crippen molar-refractivity contribution in [3.63, 3.8) is 0 Å². The largest absolute Gasteiger partial charge is 0.573 e. The predicted molar refractivity (Wildman–Crippen MR) is 59.3 cm³/mol. The molecule has 0 unspecified atom stereocenters. The third kappa shape index (κ3) is 2.94. The zero-order chi connectivity index (χ0) is 13.2. The number of ether oxygens (including phenoxy) is 1. The molecule has 1 aromatic carbocycles. The maximum atomic E-state index is 12.3. The van der Waals surface area contributed by atoms with Gasteiger partial charge in [-0.1, -0.05) is 12.1 Å². The van der Waals surface area contributed by atoms with Crippen molar-refractivity contribution in [1.82, 2.24) is 0 Å². The van der Waals surface area contributed by atoms with E-state index in [0.29, 0.717) is 13.0 Å². The average Bonchev–Trinajstić information content (AvgIpc) is 2.29. The zero-order valence-electron chi connectivity index (χ0n) is 9.54. The Balaban J connectivity index is 2.29. The molecular weight excluding hydrogens is 247 g/mol. The summed E-state index contributed by atoms with van der Waals surface area (Å²) in [6.45, 7) is 0.428. The first-order valence-electron chi connectivity index (χ1n) is 5.62. The van der Waals surface area contributed by atoms with Crippen molar-refractivity contribution in [3.8, 4) is 5.75 Å². The van der Waals surface area contributed by atoms with Crippen LogP contribution in [0.15, 0.2) is 24.3 Å². The molecule has 1 fully saturated rings. The number of hydrogen-bond acceptors (Lipinski definition) is 2. The summed E-state index contributed by atoms with van der Waals surface area (Å²) in [5, 5.41) is 0. The first-order valence-corrected chi connectivity index (χ1v) is 5.62. The molecule has 18 heavy (non-hydrogen) atoms. The molecular formula is C12H12F3NO2. The molecule has 0 aromatic heterocycles. The highest BCUT2D eigenvalue weighted by atomic mass is 19.4. The summed E-state index contributed by atoms with van der Waals surface area (Å²) in [6.07, 6.45) is -2.83. The summed E-state index contributed by atoms with van der Waals surface area (Å²) in [6, 6.07) is 5.70. The van der Waals surface area contributed by atoms with Crippen LogP contribution in [0.5, 0.6) is 5.75 Å². The van der Waals surface area contributed by atoms with E-state index in [9.17, 15) is 18.0 Å². The Morgan fingerprint density at radius 1 is 1.17 bits per heavy atom. The van der Waals surface area contributed by atoms with Crippen LogP contribution in [-0.2, 0) is 4.79 Å². The first kappa shape index (κ1) is 12.7. The van der Waals surface area contributed by atoms with Crippen LogP contribution in [0.4, 0.5) is 18.9 Å². The standard InChI is InChI=1S/C12H12F3NO2/c13-12(14,15)18-10-6-2-1-5-9(10)16-8-4-3-7-11(16)17/h1-2,5-6H,3-4,7-8H2. The van der Waals surface area contributed by atoms with Crippen molar-refractivity contribution in [2.75, 3.05) is 11.4 Å². The maximum Gasteiger partial charge on any atom is 0.573 e. The number of rotatable bonds is 2. The van der Waals surface area contributed by atoms with Crippen LogP contribution in [0.1, 0.15) is 19.3 Å². The topological polar surface area (TPSA) is 29.5 Å². The second-order valence-corrected chi connectivity index (χ2v) is 4.02. The fraction of sp³-hybridized carbons (Fsp3) is 0.417. The Morgan fingerprint density at radius 2 is 1.89 bits per heavy atom. The van der Waals surface area contributed by atoms with Crippen LogP contribution < -0.4 is 9.64 Å². The Kier molecular flexibility index (Phi) is 3.45. The van der Waals surface area contributed by atoms with Gasteiger partial charge in [-0.05, 0) is 25.0 Å². The minimum absolute atomic E-state index is 0.167. The van der Waals surface area contributed by atoms with Crippen LogP contribution in [-0.4, -0.2) is 18.8 Å². The third-order valence-electron chi connectivity index (χ3n) is 2.71. The summed E-state index contributed by atoms with van der Waals surface area (Å²) in [7, 11) is 0. The number of hydrogen-bond donors (Lipinski definition) is 0. The van der Waals surface area contributed by atoms with E-state index in [2.05, 4.69) is 4.74 Å². The quantitative estimate of drug-likeness (QED) is 0.816. The lowest BCUT2D eigenvalue weighted by Crippen LogP contribution is -2.35. The molecule has 1 aromatic rings. The number of amides is 1. The molecule has 1 aliphatic rings. The van der Waals surface area contributed by atoms with Gasteiger partial charge in [-0.3, -0.25) is 4.79 Å². The van der Waals surface area contributed by atoms with Crippen LogP contribution >= 0.6 is 0 Å². The highest BCUT2D eigenvalue weighted by Gasteiger charge is 2.33. The molecule has 1 heterocycles. The van der Waals surface area contributed by atoms with Gasteiger partial charge in [-0.25, -0.2) is 0 Å². The second-order valence-electron chi connectivity index (χ2n) is 4.02. The van der Waals surface area contributed by atoms with Gasteiger partial charge in [-0.15, -0.1) is 13.2 Å². The van der Waals surface area contributed by atoms with Gasteiger partial charge in [0.05, 0.1) is 5.69 Å². The van der Waals surface area contributed by atoms with Gasteiger partial charge >= 0.3 is 6.36 Å². The molecule has 98 valence electrons. The molecule has 3 nitrogen and oxygen atoms in total. The van der Waals surface area contributed by atoms with Crippen LogP contribution in [0.3, 0.4) is 0 Å². The molecule has 0 saturated carbocycles. The third-order valence-corrected chi connectivity index (χ3v) is 2.71. The van der Waals surface area contributed by atoms with Crippen LogP contribution in [0.25, 0.3) is 0 Å². The summed E-state index contributed by atoms with van der Waals surface area (Å²) in [4.78, 5) is 13.1. The number of alkyl halides is 3. The van der Waals surface area contributed by atoms with E-state index < -0.39 is 6.36 Å². The number of anilines is 1. The molecule has 1 amide bonds. The molecule has 0 radical (unpaired) electrons. The number of benzene rings is 1. The van der Waals surface area contributed by atoms with Gasteiger partial charge in [0, 0.05) is 13.0 Å². The van der Waals surface area contributed by atoms with Crippen molar-refractivity contribution < 1.29 is 22.7 Å². The van der Waals surface area contributed by atoms with Gasteiger partial charge in [-0.2, -0.15) is 0 Å². The van der Waals surface area contributed by atoms with Gasteiger partial charge in [0.1, 0.15) is 0 Å². The van der Waals surface area contributed by atoms with Crippen LogP contribution in [0.2, 0.25) is 0 Å². The molecule has 0 aliphatic carbocycles. The first-order chi connectivity index (χ1) is 8.47. The molecule has 1 aliphatic heterocycles. The van der Waals surface area contributed by atoms with E-state index >= 15 is 0 Å². The Morgan fingerprint density at radius 3 is 2.56 bits per heavy atom. The number of halogens is 3. The van der Waals surface area contributed by atoms with Crippen molar-refractivity contribution >= 4 is 11.6 Å². The van der Waals surface area contributed by atoms with Crippen molar-refractivity contribution in [1.29, 1.82) is 0 Å². The Bertz CT molecular complexity index is 445. The molecule has 0 spiro atoms. The number of carbonyl (C=O) groups excluding carboxylic acids is 1. The van der Waals surface area contributed by atoms with Gasteiger partial charge in [0.25, 0.3) is 0 Å². The number of carbonyl (C=O) groups is 1.